The quantitative estimate of drug-likeness (QED) is 0.846. The predicted molar refractivity (Wildman–Crippen MR) is 96.7 cm³/mol. The first-order chi connectivity index (χ1) is 12.0. The van der Waals surface area contributed by atoms with Crippen LogP contribution in [0.4, 0.5) is 0 Å². The van der Waals surface area contributed by atoms with Crippen molar-refractivity contribution in [1.82, 2.24) is 5.32 Å². The third kappa shape index (κ3) is 4.20. The van der Waals surface area contributed by atoms with Gasteiger partial charge in [0.15, 0.2) is 0 Å². The molecule has 0 bridgehead atoms. The average molecular weight is 358 g/mol. The fourth-order valence-electron chi connectivity index (χ4n) is 3.45. The lowest BCUT2D eigenvalue weighted by Crippen LogP contribution is -2.35. The molecule has 0 aromatic heterocycles. The van der Waals surface area contributed by atoms with Gasteiger partial charge in [0.25, 0.3) is 0 Å². The number of hydrogen-bond donors (Lipinski definition) is 2. The molecular weight excluding hydrogens is 338 g/mol. The van der Waals surface area contributed by atoms with Gasteiger partial charge < -0.3 is 10.4 Å². The van der Waals surface area contributed by atoms with Gasteiger partial charge in [-0.25, -0.2) is 0 Å². The number of rotatable bonds is 5. The molecule has 3 rings (SSSR count). The van der Waals surface area contributed by atoms with Crippen molar-refractivity contribution < 1.29 is 14.7 Å². The second-order valence-corrected chi connectivity index (χ2v) is 6.79. The maximum Gasteiger partial charge on any atom is 0.305 e. The van der Waals surface area contributed by atoms with E-state index in [9.17, 15) is 14.7 Å². The summed E-state index contributed by atoms with van der Waals surface area (Å²) in [6, 6.07) is 14.3. The molecule has 2 atom stereocenters. The van der Waals surface area contributed by atoms with E-state index < -0.39 is 12.0 Å². The van der Waals surface area contributed by atoms with Gasteiger partial charge in [0.2, 0.25) is 5.91 Å². The molecular formula is C20H20ClNO3. The number of hydrogen-bond acceptors (Lipinski definition) is 2. The third-order valence-corrected chi connectivity index (χ3v) is 4.87. The van der Waals surface area contributed by atoms with Crippen molar-refractivity contribution in [3.05, 3.63) is 70.2 Å². The van der Waals surface area contributed by atoms with Gasteiger partial charge in [0, 0.05) is 5.02 Å². The van der Waals surface area contributed by atoms with Crippen LogP contribution in [0.3, 0.4) is 0 Å². The SMILES string of the molecule is O=C(O)CC(NC(=O)[C@H]1CCCc2ccccc21)c1cccc(Cl)c1. The Morgan fingerprint density at radius 3 is 2.76 bits per heavy atom. The summed E-state index contributed by atoms with van der Waals surface area (Å²) in [6.45, 7) is 0. The van der Waals surface area contributed by atoms with Gasteiger partial charge in [0.05, 0.1) is 18.4 Å². The minimum absolute atomic E-state index is 0.127. The number of carboxylic acid groups (broad SMARTS) is 1. The number of aryl methyl sites for hydroxylation is 1. The van der Waals surface area contributed by atoms with Crippen molar-refractivity contribution in [2.45, 2.75) is 37.6 Å². The Labute approximate surface area is 151 Å². The highest BCUT2D eigenvalue weighted by Gasteiger charge is 2.28. The molecule has 2 aromatic rings. The van der Waals surface area contributed by atoms with E-state index in [0.717, 1.165) is 24.8 Å². The summed E-state index contributed by atoms with van der Waals surface area (Å²) in [5.74, 6) is -1.33. The number of fused-ring (bicyclic) bond motifs is 1. The van der Waals surface area contributed by atoms with Crippen molar-refractivity contribution in [3.63, 3.8) is 0 Å². The summed E-state index contributed by atoms with van der Waals surface area (Å²) in [5.41, 5.74) is 2.95. The summed E-state index contributed by atoms with van der Waals surface area (Å²) in [5, 5.41) is 12.7. The highest BCUT2D eigenvalue weighted by molar-refractivity contribution is 6.30. The Kier molecular flexibility index (Phi) is 5.39. The lowest BCUT2D eigenvalue weighted by Gasteiger charge is -2.27. The molecule has 0 saturated heterocycles. The lowest BCUT2D eigenvalue weighted by molar-refractivity contribution is -0.137. The third-order valence-electron chi connectivity index (χ3n) is 4.63. The maximum absolute atomic E-state index is 12.9. The number of amides is 1. The fraction of sp³-hybridized carbons (Fsp3) is 0.300. The smallest absolute Gasteiger partial charge is 0.305 e. The van der Waals surface area contributed by atoms with Crippen LogP contribution in [0.5, 0.6) is 0 Å². The van der Waals surface area contributed by atoms with Crippen LogP contribution in [0.25, 0.3) is 0 Å². The molecule has 0 saturated carbocycles. The van der Waals surface area contributed by atoms with Gasteiger partial charge >= 0.3 is 5.97 Å². The first-order valence-corrected chi connectivity index (χ1v) is 8.78. The molecule has 0 radical (unpaired) electrons. The van der Waals surface area contributed by atoms with Gasteiger partial charge in [-0.15, -0.1) is 0 Å². The molecule has 4 nitrogen and oxygen atoms in total. The Hall–Kier alpha value is -2.33. The summed E-state index contributed by atoms with van der Waals surface area (Å²) < 4.78 is 0. The summed E-state index contributed by atoms with van der Waals surface area (Å²) in [4.78, 5) is 24.1. The van der Waals surface area contributed by atoms with Gasteiger partial charge in [0.1, 0.15) is 0 Å². The Morgan fingerprint density at radius 2 is 2.00 bits per heavy atom. The second-order valence-electron chi connectivity index (χ2n) is 6.36. The van der Waals surface area contributed by atoms with Gasteiger partial charge in [-0.2, -0.15) is 0 Å². The molecule has 5 heteroatoms. The Balaban J connectivity index is 1.83. The van der Waals surface area contributed by atoms with Crippen LogP contribution in [0, 0.1) is 0 Å². The van der Waals surface area contributed by atoms with Crippen LogP contribution in [0.15, 0.2) is 48.5 Å². The maximum atomic E-state index is 12.9. The standard InChI is InChI=1S/C20H20ClNO3/c21-15-8-3-7-14(11-15)18(12-19(23)24)22-20(25)17-10-4-6-13-5-1-2-9-16(13)17/h1-3,5,7-9,11,17-18H,4,6,10,12H2,(H,22,25)(H,23,24)/t17-,18?/m0/s1. The largest absolute Gasteiger partial charge is 0.481 e. The lowest BCUT2D eigenvalue weighted by atomic mass is 9.82. The van der Waals surface area contributed by atoms with E-state index in [4.69, 9.17) is 11.6 Å². The zero-order valence-electron chi connectivity index (χ0n) is 13.7. The molecule has 0 aliphatic heterocycles. The van der Waals surface area contributed by atoms with Crippen molar-refractivity contribution in [1.29, 1.82) is 0 Å². The first kappa shape index (κ1) is 17.5. The van der Waals surface area contributed by atoms with Crippen LogP contribution < -0.4 is 5.32 Å². The molecule has 25 heavy (non-hydrogen) atoms. The molecule has 130 valence electrons. The van der Waals surface area contributed by atoms with Crippen molar-refractivity contribution in [2.75, 3.05) is 0 Å². The van der Waals surface area contributed by atoms with Crippen molar-refractivity contribution >= 4 is 23.5 Å². The normalized spacial score (nSPS) is 17.4. The number of carboxylic acids is 1. The highest BCUT2D eigenvalue weighted by atomic mass is 35.5. The van der Waals surface area contributed by atoms with Gasteiger partial charge in [-0.3, -0.25) is 9.59 Å². The molecule has 1 aliphatic carbocycles. The predicted octanol–water partition coefficient (Wildman–Crippen LogP) is 4.09. The molecule has 1 amide bonds. The number of benzene rings is 2. The number of carbonyl (C=O) groups excluding carboxylic acids is 1. The van der Waals surface area contributed by atoms with Crippen LogP contribution >= 0.6 is 11.6 Å². The second kappa shape index (κ2) is 7.70. The van der Waals surface area contributed by atoms with Crippen LogP contribution in [0.2, 0.25) is 5.02 Å². The van der Waals surface area contributed by atoms with E-state index in [-0.39, 0.29) is 18.2 Å². The van der Waals surface area contributed by atoms with E-state index >= 15 is 0 Å². The van der Waals surface area contributed by atoms with E-state index in [1.54, 1.807) is 24.3 Å². The Morgan fingerprint density at radius 1 is 1.20 bits per heavy atom. The number of nitrogens with one attached hydrogen (secondary N) is 1. The van der Waals surface area contributed by atoms with Crippen molar-refractivity contribution in [3.8, 4) is 0 Å². The van der Waals surface area contributed by atoms with Crippen LogP contribution in [-0.4, -0.2) is 17.0 Å². The van der Waals surface area contributed by atoms with E-state index in [2.05, 4.69) is 11.4 Å². The summed E-state index contributed by atoms with van der Waals surface area (Å²) in [7, 11) is 0. The zero-order valence-corrected chi connectivity index (χ0v) is 14.5. The molecule has 1 unspecified atom stereocenters. The van der Waals surface area contributed by atoms with E-state index in [1.807, 2.05) is 18.2 Å². The molecule has 0 fully saturated rings. The number of aliphatic carboxylic acids is 1. The minimum Gasteiger partial charge on any atom is -0.481 e. The first-order valence-electron chi connectivity index (χ1n) is 8.40. The summed E-state index contributed by atoms with van der Waals surface area (Å²) >= 11 is 6.02. The van der Waals surface area contributed by atoms with Gasteiger partial charge in [-0.05, 0) is 48.1 Å². The van der Waals surface area contributed by atoms with Gasteiger partial charge in [-0.1, -0.05) is 48.0 Å². The summed E-state index contributed by atoms with van der Waals surface area (Å²) in [6.07, 6.45) is 2.53. The van der Waals surface area contributed by atoms with Crippen LogP contribution in [0.1, 0.15) is 47.9 Å². The molecule has 2 aromatic carbocycles. The molecule has 2 N–H and O–H groups in total. The molecule has 0 heterocycles. The minimum atomic E-state index is -0.964. The van der Waals surface area contributed by atoms with Crippen LogP contribution in [-0.2, 0) is 16.0 Å². The highest BCUT2D eigenvalue weighted by Crippen LogP contribution is 2.32. The average Bonchev–Trinajstić information content (AvgIpc) is 2.60. The number of halogens is 1. The molecule has 1 aliphatic rings. The van der Waals surface area contributed by atoms with Crippen molar-refractivity contribution in [2.24, 2.45) is 0 Å². The zero-order chi connectivity index (χ0) is 17.8. The van der Waals surface area contributed by atoms with E-state index in [0.29, 0.717) is 10.6 Å². The Bertz CT molecular complexity index is 790. The van der Waals surface area contributed by atoms with E-state index in [1.165, 1.54) is 5.56 Å². The number of carbonyl (C=O) groups is 2. The monoisotopic (exact) mass is 357 g/mol. The fourth-order valence-corrected chi connectivity index (χ4v) is 3.65. The molecule has 0 spiro atoms. The topological polar surface area (TPSA) is 66.4 Å².